The van der Waals surface area contributed by atoms with Crippen molar-refractivity contribution >= 4 is 16.7 Å². The molecule has 0 unspecified atom stereocenters. The zero-order valence-corrected chi connectivity index (χ0v) is 10.6. The van der Waals surface area contributed by atoms with Gasteiger partial charge in [-0.25, -0.2) is 0 Å². The molecule has 0 radical (unpaired) electrons. The molecule has 0 amide bonds. The Hall–Kier alpha value is -1.77. The molecule has 1 fully saturated rings. The Bertz CT molecular complexity index is 581. The molecule has 1 aliphatic carbocycles. The van der Waals surface area contributed by atoms with Crippen LogP contribution in [0.3, 0.4) is 0 Å². The maximum atomic E-state index is 11.9. The fraction of sp³-hybridized carbons (Fsp3) is 0.400. The van der Waals surface area contributed by atoms with E-state index in [9.17, 15) is 4.79 Å². The number of ketones is 1. The highest BCUT2D eigenvalue weighted by Crippen LogP contribution is 2.31. The molecule has 3 rings (SSSR count). The van der Waals surface area contributed by atoms with E-state index >= 15 is 0 Å². The number of rotatable bonds is 5. The molecule has 3 nitrogen and oxygen atoms in total. The summed E-state index contributed by atoms with van der Waals surface area (Å²) in [4.78, 5) is 11.9. The van der Waals surface area contributed by atoms with Gasteiger partial charge >= 0.3 is 0 Å². The fourth-order valence-electron chi connectivity index (χ4n) is 2.32. The predicted molar refractivity (Wildman–Crippen MR) is 70.8 cm³/mol. The van der Waals surface area contributed by atoms with E-state index in [1.165, 1.54) is 0 Å². The molecular formula is C15H17NO2. The number of hydrogen-bond donors (Lipinski definition) is 0. The monoisotopic (exact) mass is 243 g/mol. The fourth-order valence-corrected chi connectivity index (χ4v) is 2.32. The first-order valence-corrected chi connectivity index (χ1v) is 6.53. The Labute approximate surface area is 106 Å². The third-order valence-corrected chi connectivity index (χ3v) is 3.43. The van der Waals surface area contributed by atoms with Crippen LogP contribution in [-0.4, -0.2) is 17.0 Å². The van der Waals surface area contributed by atoms with E-state index in [-0.39, 0.29) is 0 Å². The lowest BCUT2D eigenvalue weighted by atomic mass is 10.2. The van der Waals surface area contributed by atoms with Crippen molar-refractivity contribution < 1.29 is 9.53 Å². The van der Waals surface area contributed by atoms with Gasteiger partial charge < -0.3 is 9.30 Å². The van der Waals surface area contributed by atoms with Crippen molar-refractivity contribution in [2.24, 2.45) is 5.92 Å². The molecule has 0 aliphatic heterocycles. The summed E-state index contributed by atoms with van der Waals surface area (Å²) in [6.07, 6.45) is 4.12. The second-order valence-corrected chi connectivity index (χ2v) is 4.81. The summed E-state index contributed by atoms with van der Waals surface area (Å²) in [6.45, 7) is 3.13. The van der Waals surface area contributed by atoms with Crippen molar-refractivity contribution in [1.29, 1.82) is 0 Å². The lowest BCUT2D eigenvalue weighted by Gasteiger charge is -2.07. The van der Waals surface area contributed by atoms with Crippen LogP contribution in [0, 0.1) is 5.92 Å². The van der Waals surface area contributed by atoms with Gasteiger partial charge in [0.1, 0.15) is 5.75 Å². The van der Waals surface area contributed by atoms with Gasteiger partial charge in [-0.2, -0.15) is 0 Å². The van der Waals surface area contributed by atoms with Gasteiger partial charge in [-0.15, -0.1) is 0 Å². The van der Waals surface area contributed by atoms with Gasteiger partial charge in [0.15, 0.2) is 5.78 Å². The third-order valence-electron chi connectivity index (χ3n) is 3.43. The van der Waals surface area contributed by atoms with Gasteiger partial charge in [0, 0.05) is 17.5 Å². The SMILES string of the molecule is CCOc1cccc2c1ccn2CC(=O)C1CC1. The summed E-state index contributed by atoms with van der Waals surface area (Å²) in [5.41, 5.74) is 1.08. The molecule has 1 heterocycles. The number of nitrogens with zero attached hydrogens (tertiary/aromatic N) is 1. The normalized spacial score (nSPS) is 14.9. The minimum absolute atomic E-state index is 0.317. The molecule has 0 N–H and O–H groups in total. The van der Waals surface area contributed by atoms with E-state index in [0.717, 1.165) is 29.5 Å². The Morgan fingerprint density at radius 3 is 2.94 bits per heavy atom. The summed E-state index contributed by atoms with van der Waals surface area (Å²) < 4.78 is 7.63. The highest BCUT2D eigenvalue weighted by atomic mass is 16.5. The van der Waals surface area contributed by atoms with Crippen molar-refractivity contribution in [3.63, 3.8) is 0 Å². The molecule has 2 aromatic rings. The first-order chi connectivity index (χ1) is 8.79. The molecule has 3 heteroatoms. The van der Waals surface area contributed by atoms with Gasteiger partial charge in [0.2, 0.25) is 0 Å². The number of carbonyl (C=O) groups is 1. The smallest absolute Gasteiger partial charge is 0.155 e. The molecule has 0 spiro atoms. The molecule has 0 saturated heterocycles. The third kappa shape index (κ3) is 2.01. The predicted octanol–water partition coefficient (Wildman–Crippen LogP) is 3.02. The lowest BCUT2D eigenvalue weighted by molar-refractivity contribution is -0.120. The van der Waals surface area contributed by atoms with Crippen LogP contribution in [0.25, 0.3) is 10.9 Å². The molecule has 94 valence electrons. The van der Waals surface area contributed by atoms with Gasteiger partial charge in [-0.1, -0.05) is 6.07 Å². The molecule has 1 aromatic carbocycles. The first kappa shape index (κ1) is 11.3. The summed E-state index contributed by atoms with van der Waals surface area (Å²) in [5.74, 6) is 1.57. The largest absolute Gasteiger partial charge is 0.493 e. The summed E-state index contributed by atoms with van der Waals surface area (Å²) in [5, 5.41) is 1.09. The standard InChI is InChI=1S/C15H17NO2/c1-2-18-15-5-3-4-13-12(15)8-9-16(13)10-14(17)11-6-7-11/h3-5,8-9,11H,2,6-7,10H2,1H3. The zero-order chi connectivity index (χ0) is 12.5. The van der Waals surface area contributed by atoms with Gasteiger partial charge in [0.25, 0.3) is 0 Å². The Balaban J connectivity index is 1.93. The number of fused-ring (bicyclic) bond motifs is 1. The number of hydrogen-bond acceptors (Lipinski definition) is 2. The van der Waals surface area contributed by atoms with Gasteiger partial charge in [-0.05, 0) is 38.0 Å². The molecule has 1 aromatic heterocycles. The van der Waals surface area contributed by atoms with Crippen molar-refractivity contribution in [1.82, 2.24) is 4.57 Å². The Morgan fingerprint density at radius 1 is 1.39 bits per heavy atom. The summed E-state index contributed by atoms with van der Waals surface area (Å²) in [6, 6.07) is 8.02. The van der Waals surface area contributed by atoms with Crippen LogP contribution in [0.15, 0.2) is 30.5 Å². The molecule has 1 saturated carbocycles. The van der Waals surface area contributed by atoms with E-state index in [2.05, 4.69) is 0 Å². The minimum Gasteiger partial charge on any atom is -0.493 e. The van der Waals surface area contributed by atoms with E-state index in [1.54, 1.807) is 0 Å². The zero-order valence-electron chi connectivity index (χ0n) is 10.6. The van der Waals surface area contributed by atoms with Crippen LogP contribution in [0.1, 0.15) is 19.8 Å². The van der Waals surface area contributed by atoms with Crippen LogP contribution in [0.5, 0.6) is 5.75 Å². The van der Waals surface area contributed by atoms with Crippen LogP contribution in [-0.2, 0) is 11.3 Å². The molecule has 0 bridgehead atoms. The summed E-state index contributed by atoms with van der Waals surface area (Å²) >= 11 is 0. The second kappa shape index (κ2) is 4.48. The number of benzene rings is 1. The number of ether oxygens (including phenoxy) is 1. The van der Waals surface area contributed by atoms with E-state index < -0.39 is 0 Å². The molecule has 1 aliphatic rings. The minimum atomic E-state index is 0.317. The second-order valence-electron chi connectivity index (χ2n) is 4.81. The number of aromatic nitrogens is 1. The molecule has 18 heavy (non-hydrogen) atoms. The van der Waals surface area contributed by atoms with Gasteiger partial charge in [0.05, 0.1) is 18.7 Å². The van der Waals surface area contributed by atoms with Crippen LogP contribution >= 0.6 is 0 Å². The van der Waals surface area contributed by atoms with Crippen LogP contribution in [0.4, 0.5) is 0 Å². The van der Waals surface area contributed by atoms with Crippen molar-refractivity contribution in [3.05, 3.63) is 30.5 Å². The van der Waals surface area contributed by atoms with E-state index in [0.29, 0.717) is 24.9 Å². The highest BCUT2D eigenvalue weighted by Gasteiger charge is 2.29. The lowest BCUT2D eigenvalue weighted by Crippen LogP contribution is -2.10. The van der Waals surface area contributed by atoms with Gasteiger partial charge in [-0.3, -0.25) is 4.79 Å². The van der Waals surface area contributed by atoms with E-state index in [1.807, 2.05) is 42.0 Å². The average Bonchev–Trinajstić information content (AvgIpc) is 3.14. The maximum absolute atomic E-state index is 11.9. The number of carbonyl (C=O) groups excluding carboxylic acids is 1. The van der Waals surface area contributed by atoms with Crippen molar-refractivity contribution in [3.8, 4) is 5.75 Å². The molecular weight excluding hydrogens is 226 g/mol. The summed E-state index contributed by atoms with van der Waals surface area (Å²) in [7, 11) is 0. The molecule has 0 atom stereocenters. The topological polar surface area (TPSA) is 31.2 Å². The average molecular weight is 243 g/mol. The van der Waals surface area contributed by atoms with E-state index in [4.69, 9.17) is 4.74 Å². The van der Waals surface area contributed by atoms with Crippen molar-refractivity contribution in [2.75, 3.05) is 6.61 Å². The quantitative estimate of drug-likeness (QED) is 0.808. The Kier molecular flexibility index (Phi) is 2.82. The van der Waals surface area contributed by atoms with Crippen molar-refractivity contribution in [2.45, 2.75) is 26.3 Å². The first-order valence-electron chi connectivity index (χ1n) is 6.53. The number of Topliss-reactive ketones (excluding diaryl/α,β-unsaturated/α-hetero) is 1. The van der Waals surface area contributed by atoms with Crippen LogP contribution in [0.2, 0.25) is 0 Å². The van der Waals surface area contributed by atoms with Crippen LogP contribution < -0.4 is 4.74 Å². The highest BCUT2D eigenvalue weighted by molar-refractivity contribution is 5.89. The maximum Gasteiger partial charge on any atom is 0.155 e. The Morgan fingerprint density at radius 2 is 2.22 bits per heavy atom.